The normalized spacial score (nSPS) is 22.6. The van der Waals surface area contributed by atoms with E-state index in [1.54, 1.807) is 0 Å². The molecule has 0 saturated carbocycles. The van der Waals surface area contributed by atoms with Gasteiger partial charge >= 0.3 is 0 Å². The minimum absolute atomic E-state index is 0. The summed E-state index contributed by atoms with van der Waals surface area (Å²) in [4.78, 5) is 12.0. The van der Waals surface area contributed by atoms with Gasteiger partial charge in [0.25, 0.3) is 0 Å². The molecule has 0 spiro atoms. The molecule has 3 rings (SSSR count). The molecule has 1 unspecified atom stereocenters. The average molecular weight is 297 g/mol. The molecule has 2 N–H and O–H groups in total. The molecule has 0 radical (unpaired) electrons. The average Bonchev–Trinajstić information content (AvgIpc) is 2.93. The first-order chi connectivity index (χ1) is 9.03. The zero-order valence-corrected chi connectivity index (χ0v) is 12.7. The highest BCUT2D eigenvalue weighted by Crippen LogP contribution is 2.36. The Hall–Kier alpha value is -1.26. The number of fused-ring (bicyclic) bond motifs is 1. The Balaban J connectivity index is 0.00000147. The Morgan fingerprint density at radius 1 is 1.45 bits per heavy atom. The molecule has 110 valence electrons. The lowest BCUT2D eigenvalue weighted by molar-refractivity contribution is -0.117. The molecule has 1 aromatic carbocycles. The van der Waals surface area contributed by atoms with E-state index in [2.05, 4.69) is 24.5 Å². The molecule has 4 nitrogen and oxygen atoms in total. The van der Waals surface area contributed by atoms with Crippen molar-refractivity contribution in [2.45, 2.75) is 44.8 Å². The highest BCUT2D eigenvalue weighted by atomic mass is 35.5. The Morgan fingerprint density at radius 2 is 2.25 bits per heavy atom. The van der Waals surface area contributed by atoms with Gasteiger partial charge in [-0.1, -0.05) is 0 Å². The number of ether oxygens (including phenoxy) is 1. The molecule has 5 heteroatoms. The first-order valence-corrected chi connectivity index (χ1v) is 6.90. The third-order valence-electron chi connectivity index (χ3n) is 3.71. The van der Waals surface area contributed by atoms with Gasteiger partial charge in [0.2, 0.25) is 5.91 Å². The maximum atomic E-state index is 12.0. The van der Waals surface area contributed by atoms with Gasteiger partial charge in [-0.05, 0) is 51.4 Å². The fourth-order valence-electron chi connectivity index (χ4n) is 2.83. The smallest absolute Gasteiger partial charge is 0.241 e. The summed E-state index contributed by atoms with van der Waals surface area (Å²) in [5.74, 6) is 0.998. The van der Waals surface area contributed by atoms with E-state index in [1.807, 2.05) is 18.2 Å². The number of rotatable bonds is 2. The van der Waals surface area contributed by atoms with Crippen molar-refractivity contribution in [3.05, 3.63) is 23.8 Å². The van der Waals surface area contributed by atoms with Gasteiger partial charge in [-0.15, -0.1) is 12.4 Å². The van der Waals surface area contributed by atoms with Crippen LogP contribution < -0.4 is 15.4 Å². The van der Waals surface area contributed by atoms with E-state index >= 15 is 0 Å². The topological polar surface area (TPSA) is 50.4 Å². The maximum absolute atomic E-state index is 12.0. The molecule has 0 aliphatic carbocycles. The predicted octanol–water partition coefficient (Wildman–Crippen LogP) is 2.51. The number of carbonyl (C=O) groups is 1. The van der Waals surface area contributed by atoms with Crippen molar-refractivity contribution in [1.82, 2.24) is 5.32 Å². The molecule has 1 saturated heterocycles. The van der Waals surface area contributed by atoms with Crippen LogP contribution in [0.3, 0.4) is 0 Å². The summed E-state index contributed by atoms with van der Waals surface area (Å²) in [5, 5.41) is 6.19. The van der Waals surface area contributed by atoms with Crippen molar-refractivity contribution in [1.29, 1.82) is 0 Å². The Kier molecular flexibility index (Phi) is 4.25. The zero-order valence-electron chi connectivity index (χ0n) is 11.9. The van der Waals surface area contributed by atoms with E-state index in [1.165, 1.54) is 5.56 Å². The van der Waals surface area contributed by atoms with Crippen molar-refractivity contribution in [2.75, 3.05) is 11.9 Å². The van der Waals surface area contributed by atoms with Gasteiger partial charge in [-0.25, -0.2) is 0 Å². The molecule has 2 aliphatic rings. The third kappa shape index (κ3) is 3.07. The number of amides is 1. The molecule has 1 fully saturated rings. The number of benzene rings is 1. The molecule has 0 aromatic heterocycles. The summed E-state index contributed by atoms with van der Waals surface area (Å²) >= 11 is 0. The summed E-state index contributed by atoms with van der Waals surface area (Å²) in [6, 6.07) is 5.84. The Morgan fingerprint density at radius 3 is 2.95 bits per heavy atom. The van der Waals surface area contributed by atoms with Crippen LogP contribution in [0.25, 0.3) is 0 Å². The standard InChI is InChI=1S/C15H20N2O2.ClH/c1-15(2)9-10-8-11(5-6-13(10)19-15)17-14(18)12-4-3-7-16-12;/h5-6,8,12,16H,3-4,7,9H2,1-2H3,(H,17,18);1H. The number of halogens is 1. The van der Waals surface area contributed by atoms with E-state index in [0.29, 0.717) is 0 Å². The van der Waals surface area contributed by atoms with Crippen LogP contribution in [0.5, 0.6) is 5.75 Å². The van der Waals surface area contributed by atoms with Crippen LogP contribution in [0.2, 0.25) is 0 Å². The van der Waals surface area contributed by atoms with Crippen LogP contribution in [-0.2, 0) is 11.2 Å². The van der Waals surface area contributed by atoms with E-state index < -0.39 is 0 Å². The number of hydrogen-bond donors (Lipinski definition) is 2. The fraction of sp³-hybridized carbons (Fsp3) is 0.533. The molecule has 2 aliphatic heterocycles. The third-order valence-corrected chi connectivity index (χ3v) is 3.71. The van der Waals surface area contributed by atoms with Gasteiger partial charge in [-0.2, -0.15) is 0 Å². The van der Waals surface area contributed by atoms with Crippen molar-refractivity contribution < 1.29 is 9.53 Å². The minimum Gasteiger partial charge on any atom is -0.487 e. The lowest BCUT2D eigenvalue weighted by Crippen LogP contribution is -2.35. The number of anilines is 1. The lowest BCUT2D eigenvalue weighted by atomic mass is 10.0. The Bertz CT molecular complexity index is 511. The van der Waals surface area contributed by atoms with E-state index in [-0.39, 0.29) is 30.0 Å². The van der Waals surface area contributed by atoms with E-state index in [0.717, 1.165) is 37.2 Å². The number of hydrogen-bond acceptors (Lipinski definition) is 3. The molecule has 1 aromatic rings. The predicted molar refractivity (Wildman–Crippen MR) is 81.8 cm³/mol. The summed E-state index contributed by atoms with van der Waals surface area (Å²) in [6.07, 6.45) is 2.88. The summed E-state index contributed by atoms with van der Waals surface area (Å²) in [7, 11) is 0. The Labute approximate surface area is 125 Å². The van der Waals surface area contributed by atoms with Gasteiger partial charge in [0.05, 0.1) is 6.04 Å². The molecule has 1 atom stereocenters. The van der Waals surface area contributed by atoms with Crippen LogP contribution in [0.1, 0.15) is 32.3 Å². The SMILES string of the molecule is CC1(C)Cc2cc(NC(=O)C3CCCN3)ccc2O1.Cl. The van der Waals surface area contributed by atoms with Crippen LogP contribution >= 0.6 is 12.4 Å². The van der Waals surface area contributed by atoms with Crippen molar-refractivity contribution in [2.24, 2.45) is 0 Å². The summed E-state index contributed by atoms with van der Waals surface area (Å²) in [6.45, 7) is 5.09. The largest absolute Gasteiger partial charge is 0.487 e. The van der Waals surface area contributed by atoms with Crippen LogP contribution in [0.4, 0.5) is 5.69 Å². The second-order valence-electron chi connectivity index (χ2n) is 6.00. The van der Waals surface area contributed by atoms with Crippen molar-refractivity contribution in [3.8, 4) is 5.75 Å². The van der Waals surface area contributed by atoms with E-state index in [9.17, 15) is 4.79 Å². The van der Waals surface area contributed by atoms with Crippen LogP contribution in [-0.4, -0.2) is 24.1 Å². The highest BCUT2D eigenvalue weighted by Gasteiger charge is 2.30. The molecular weight excluding hydrogens is 276 g/mol. The first-order valence-electron chi connectivity index (χ1n) is 6.90. The zero-order chi connectivity index (χ0) is 13.5. The molecule has 1 amide bonds. The van der Waals surface area contributed by atoms with Crippen LogP contribution in [0.15, 0.2) is 18.2 Å². The second kappa shape index (κ2) is 5.62. The van der Waals surface area contributed by atoms with Gasteiger partial charge in [0, 0.05) is 17.7 Å². The molecule has 2 heterocycles. The highest BCUT2D eigenvalue weighted by molar-refractivity contribution is 5.95. The first kappa shape index (κ1) is 15.1. The minimum atomic E-state index is -0.141. The monoisotopic (exact) mass is 296 g/mol. The fourth-order valence-corrected chi connectivity index (χ4v) is 2.83. The van der Waals surface area contributed by atoms with Gasteiger partial charge < -0.3 is 15.4 Å². The van der Waals surface area contributed by atoms with Crippen molar-refractivity contribution in [3.63, 3.8) is 0 Å². The van der Waals surface area contributed by atoms with Gasteiger partial charge in [-0.3, -0.25) is 4.79 Å². The quantitative estimate of drug-likeness (QED) is 0.882. The summed E-state index contributed by atoms with van der Waals surface area (Å²) < 4.78 is 5.83. The van der Waals surface area contributed by atoms with Crippen LogP contribution in [0, 0.1) is 0 Å². The van der Waals surface area contributed by atoms with E-state index in [4.69, 9.17) is 4.74 Å². The maximum Gasteiger partial charge on any atom is 0.241 e. The second-order valence-corrected chi connectivity index (χ2v) is 6.00. The summed E-state index contributed by atoms with van der Waals surface area (Å²) in [5.41, 5.74) is 1.89. The molecule has 0 bridgehead atoms. The molecular formula is C15H21ClN2O2. The number of carbonyl (C=O) groups excluding carboxylic acids is 1. The number of nitrogens with one attached hydrogen (secondary N) is 2. The van der Waals surface area contributed by atoms with Crippen molar-refractivity contribution >= 4 is 24.0 Å². The van der Waals surface area contributed by atoms with Gasteiger partial charge in [0.1, 0.15) is 11.4 Å². The molecule has 20 heavy (non-hydrogen) atoms. The van der Waals surface area contributed by atoms with Gasteiger partial charge in [0.15, 0.2) is 0 Å². The lowest BCUT2D eigenvalue weighted by Gasteiger charge is -2.16.